The molecule has 21 heavy (non-hydrogen) atoms. The monoisotopic (exact) mass is 288 g/mol. The third-order valence-corrected chi connectivity index (χ3v) is 3.16. The molecule has 0 bridgehead atoms. The predicted octanol–water partition coefficient (Wildman–Crippen LogP) is 4.02. The molecule has 0 radical (unpaired) electrons. The van der Waals surface area contributed by atoms with Crippen molar-refractivity contribution in [1.29, 1.82) is 0 Å². The maximum absolute atomic E-state index is 5.74. The molecule has 0 atom stereocenters. The van der Waals surface area contributed by atoms with Gasteiger partial charge in [-0.1, -0.05) is 20.3 Å². The second-order valence-electron chi connectivity index (χ2n) is 5.02. The van der Waals surface area contributed by atoms with Crippen LogP contribution in [0.15, 0.2) is 34.9 Å². The van der Waals surface area contributed by atoms with E-state index >= 15 is 0 Å². The molecule has 4 nitrogen and oxygen atoms in total. The Morgan fingerprint density at radius 3 is 2.67 bits per heavy atom. The van der Waals surface area contributed by atoms with Crippen molar-refractivity contribution in [2.24, 2.45) is 0 Å². The Labute approximate surface area is 126 Å². The Morgan fingerprint density at radius 2 is 1.95 bits per heavy atom. The Balaban J connectivity index is 1.92. The van der Waals surface area contributed by atoms with Gasteiger partial charge in [-0.25, -0.2) is 4.98 Å². The highest BCUT2D eigenvalue weighted by Gasteiger charge is 2.06. The molecule has 2 aromatic rings. The Hall–Kier alpha value is -1.81. The average Bonchev–Trinajstić information content (AvgIpc) is 2.97. The first kappa shape index (κ1) is 15.6. The van der Waals surface area contributed by atoms with Crippen molar-refractivity contribution in [3.8, 4) is 17.1 Å². The van der Waals surface area contributed by atoms with E-state index in [1.165, 1.54) is 0 Å². The summed E-state index contributed by atoms with van der Waals surface area (Å²) in [7, 11) is 0. The summed E-state index contributed by atoms with van der Waals surface area (Å²) in [6.07, 6.45) is 5.10. The lowest BCUT2D eigenvalue weighted by Crippen LogP contribution is -2.13. The van der Waals surface area contributed by atoms with Crippen molar-refractivity contribution in [1.82, 2.24) is 10.3 Å². The molecule has 0 spiro atoms. The van der Waals surface area contributed by atoms with Gasteiger partial charge < -0.3 is 14.5 Å². The van der Waals surface area contributed by atoms with Gasteiger partial charge in [0.05, 0.1) is 19.3 Å². The van der Waals surface area contributed by atoms with Crippen molar-refractivity contribution in [2.75, 3.05) is 13.2 Å². The van der Waals surface area contributed by atoms with Gasteiger partial charge in [-0.05, 0) is 43.7 Å². The van der Waals surface area contributed by atoms with E-state index in [2.05, 4.69) is 24.1 Å². The van der Waals surface area contributed by atoms with E-state index < -0.39 is 0 Å². The molecule has 1 aromatic carbocycles. The summed E-state index contributed by atoms with van der Waals surface area (Å²) >= 11 is 0. The number of hydrogen-bond donors (Lipinski definition) is 1. The van der Waals surface area contributed by atoms with E-state index in [0.717, 1.165) is 55.4 Å². The van der Waals surface area contributed by atoms with Gasteiger partial charge >= 0.3 is 0 Å². The number of rotatable bonds is 9. The van der Waals surface area contributed by atoms with Crippen LogP contribution in [-0.2, 0) is 6.54 Å². The number of nitrogens with zero attached hydrogens (tertiary/aromatic N) is 1. The zero-order valence-electron chi connectivity index (χ0n) is 12.9. The molecule has 1 N–H and O–H groups in total. The molecule has 0 saturated carbocycles. The topological polar surface area (TPSA) is 47.3 Å². The summed E-state index contributed by atoms with van der Waals surface area (Å²) < 4.78 is 11.4. The minimum Gasteiger partial charge on any atom is -0.494 e. The van der Waals surface area contributed by atoms with Crippen LogP contribution in [0.4, 0.5) is 0 Å². The van der Waals surface area contributed by atoms with Crippen LogP contribution >= 0.6 is 0 Å². The number of ether oxygens (including phenoxy) is 1. The predicted molar refractivity (Wildman–Crippen MR) is 84.3 cm³/mol. The minimum absolute atomic E-state index is 0.673. The minimum atomic E-state index is 0.673. The average molecular weight is 288 g/mol. The number of benzene rings is 1. The molecule has 0 fully saturated rings. The number of hydrogen-bond acceptors (Lipinski definition) is 4. The number of nitrogens with one attached hydrogen (secondary N) is 1. The molecule has 0 aliphatic rings. The zero-order valence-corrected chi connectivity index (χ0v) is 12.9. The summed E-state index contributed by atoms with van der Waals surface area (Å²) in [4.78, 5) is 4.29. The molecule has 0 amide bonds. The van der Waals surface area contributed by atoms with Gasteiger partial charge in [-0.15, -0.1) is 0 Å². The highest BCUT2D eigenvalue weighted by atomic mass is 16.5. The van der Waals surface area contributed by atoms with Gasteiger partial charge in [-0.3, -0.25) is 0 Å². The van der Waals surface area contributed by atoms with Crippen molar-refractivity contribution in [3.63, 3.8) is 0 Å². The van der Waals surface area contributed by atoms with Gasteiger partial charge in [0.1, 0.15) is 5.75 Å². The van der Waals surface area contributed by atoms with Gasteiger partial charge in [-0.2, -0.15) is 0 Å². The first-order chi connectivity index (χ1) is 10.3. The molecule has 4 heteroatoms. The van der Waals surface area contributed by atoms with E-state index in [-0.39, 0.29) is 0 Å². The lowest BCUT2D eigenvalue weighted by atomic mass is 10.2. The molecule has 0 unspecified atom stereocenters. The lowest BCUT2D eigenvalue weighted by molar-refractivity contribution is 0.309. The van der Waals surface area contributed by atoms with Crippen LogP contribution < -0.4 is 10.1 Å². The molecular weight excluding hydrogens is 264 g/mol. The molecular formula is C17H24N2O2. The third-order valence-electron chi connectivity index (χ3n) is 3.16. The molecule has 114 valence electrons. The largest absolute Gasteiger partial charge is 0.494 e. The first-order valence-electron chi connectivity index (χ1n) is 7.72. The van der Waals surface area contributed by atoms with Gasteiger partial charge in [0.15, 0.2) is 5.76 Å². The fourth-order valence-electron chi connectivity index (χ4n) is 1.95. The highest BCUT2D eigenvalue weighted by molar-refractivity contribution is 5.57. The van der Waals surface area contributed by atoms with Crippen molar-refractivity contribution >= 4 is 0 Å². The van der Waals surface area contributed by atoms with Gasteiger partial charge in [0.25, 0.3) is 0 Å². The number of aromatic nitrogens is 1. The second kappa shape index (κ2) is 8.47. The summed E-state index contributed by atoms with van der Waals surface area (Å²) in [6, 6.07) is 7.96. The van der Waals surface area contributed by atoms with E-state index in [1.54, 1.807) is 6.20 Å². The molecule has 1 aromatic heterocycles. The molecule has 0 aliphatic carbocycles. The van der Waals surface area contributed by atoms with Crippen LogP contribution in [0, 0.1) is 0 Å². The highest BCUT2D eigenvalue weighted by Crippen LogP contribution is 2.23. The fraction of sp³-hybridized carbons (Fsp3) is 0.471. The maximum atomic E-state index is 5.74. The quantitative estimate of drug-likeness (QED) is 0.708. The number of unbranched alkanes of at least 4 members (excludes halogenated alkanes) is 1. The molecule has 2 rings (SSSR count). The van der Waals surface area contributed by atoms with Crippen LogP contribution in [0.5, 0.6) is 5.75 Å². The standard InChI is InChI=1S/C17H24N2O2/c1-3-5-11-20-15-8-6-14(7-9-15)16-12-19-17(21-16)13-18-10-4-2/h6-9,12,18H,3-5,10-11,13H2,1-2H3. The van der Waals surface area contributed by atoms with Crippen LogP contribution in [-0.4, -0.2) is 18.1 Å². The first-order valence-corrected chi connectivity index (χ1v) is 7.72. The Bertz CT molecular complexity index is 520. The van der Waals surface area contributed by atoms with Crippen LogP contribution in [0.3, 0.4) is 0 Å². The van der Waals surface area contributed by atoms with Crippen LogP contribution in [0.2, 0.25) is 0 Å². The smallest absolute Gasteiger partial charge is 0.208 e. The zero-order chi connectivity index (χ0) is 14.9. The summed E-state index contributed by atoms with van der Waals surface area (Å²) in [5.41, 5.74) is 1.02. The van der Waals surface area contributed by atoms with Crippen molar-refractivity contribution in [3.05, 3.63) is 36.4 Å². The Kier molecular flexibility index (Phi) is 6.28. The normalized spacial score (nSPS) is 10.8. The van der Waals surface area contributed by atoms with E-state index in [0.29, 0.717) is 6.54 Å². The maximum Gasteiger partial charge on any atom is 0.208 e. The summed E-state index contributed by atoms with van der Waals surface area (Å²) in [6.45, 7) is 6.71. The Morgan fingerprint density at radius 1 is 1.14 bits per heavy atom. The fourth-order valence-corrected chi connectivity index (χ4v) is 1.95. The van der Waals surface area contributed by atoms with Crippen molar-refractivity contribution < 1.29 is 9.15 Å². The van der Waals surface area contributed by atoms with E-state index in [1.807, 2.05) is 24.3 Å². The molecule has 1 heterocycles. The van der Waals surface area contributed by atoms with Crippen molar-refractivity contribution in [2.45, 2.75) is 39.7 Å². The SMILES string of the molecule is CCCCOc1ccc(-c2cnc(CNCCC)o2)cc1. The molecule has 0 aliphatic heterocycles. The van der Waals surface area contributed by atoms with Crippen LogP contribution in [0.25, 0.3) is 11.3 Å². The summed E-state index contributed by atoms with van der Waals surface area (Å²) in [5, 5.41) is 3.28. The van der Waals surface area contributed by atoms with Crippen LogP contribution in [0.1, 0.15) is 39.0 Å². The molecule has 0 saturated heterocycles. The van der Waals surface area contributed by atoms with Gasteiger partial charge in [0.2, 0.25) is 5.89 Å². The second-order valence-corrected chi connectivity index (χ2v) is 5.02. The van der Waals surface area contributed by atoms with E-state index in [9.17, 15) is 0 Å². The van der Waals surface area contributed by atoms with E-state index in [4.69, 9.17) is 9.15 Å². The number of oxazole rings is 1. The summed E-state index contributed by atoms with van der Waals surface area (Å²) in [5.74, 6) is 2.42. The van der Waals surface area contributed by atoms with Gasteiger partial charge in [0, 0.05) is 5.56 Å². The third kappa shape index (κ3) is 4.90. The lowest BCUT2D eigenvalue weighted by Gasteiger charge is -2.05.